The molecule has 3 aromatic rings. The van der Waals surface area contributed by atoms with E-state index < -0.39 is 18.0 Å². The fourth-order valence-electron chi connectivity index (χ4n) is 2.81. The number of phenols is 1. The lowest BCUT2D eigenvalue weighted by Gasteiger charge is -2.09. The average molecular weight is 438 g/mol. The zero-order valence-corrected chi connectivity index (χ0v) is 17.4. The molecule has 2 N–H and O–H groups in total. The molecule has 0 aliphatic carbocycles. The highest BCUT2D eigenvalue weighted by Crippen LogP contribution is 2.22. The average Bonchev–Trinajstić information content (AvgIpc) is 2.72. The number of carbonyl (C=O) groups is 2. The summed E-state index contributed by atoms with van der Waals surface area (Å²) < 4.78 is 5.40. The first kappa shape index (κ1) is 22.1. The van der Waals surface area contributed by atoms with E-state index in [1.54, 1.807) is 36.4 Å². The number of phenolic OH excluding ortho intramolecular Hbond substituents is 1. The van der Waals surface area contributed by atoms with Crippen molar-refractivity contribution in [1.82, 2.24) is 0 Å². The number of hydrogen-bond acceptors (Lipinski definition) is 5. The third-order valence-electron chi connectivity index (χ3n) is 4.45. The molecule has 3 aromatic carbocycles. The molecule has 3 rings (SSSR count). The number of esters is 1. The number of carboxylic acids is 1. The van der Waals surface area contributed by atoms with Crippen molar-refractivity contribution in [2.75, 3.05) is 0 Å². The minimum absolute atomic E-state index is 0.103. The van der Waals surface area contributed by atoms with E-state index in [1.165, 1.54) is 24.4 Å². The third-order valence-corrected chi connectivity index (χ3v) is 4.66. The molecule has 1 unspecified atom stereocenters. The van der Waals surface area contributed by atoms with Crippen LogP contribution in [0.1, 0.15) is 27.0 Å². The van der Waals surface area contributed by atoms with Crippen LogP contribution in [0, 0.1) is 6.92 Å². The number of carbonyl (C=O) groups excluding carboxylic acids is 1. The molecular weight excluding hydrogens is 418 g/mol. The zero-order valence-electron chi connectivity index (χ0n) is 16.7. The van der Waals surface area contributed by atoms with Gasteiger partial charge in [0.1, 0.15) is 11.5 Å². The maximum atomic E-state index is 12.3. The second kappa shape index (κ2) is 9.91. The maximum absolute atomic E-state index is 12.3. The number of halogens is 1. The Bertz CT molecular complexity index is 1110. The molecule has 0 radical (unpaired) electrons. The van der Waals surface area contributed by atoms with Gasteiger partial charge in [-0.25, -0.2) is 9.59 Å². The Morgan fingerprint density at radius 2 is 1.74 bits per heavy atom. The number of aliphatic imine (C=N–C) groups is 1. The summed E-state index contributed by atoms with van der Waals surface area (Å²) in [6.07, 6.45) is 1.54. The summed E-state index contributed by atoms with van der Waals surface area (Å²) in [6.45, 7) is 1.92. The summed E-state index contributed by atoms with van der Waals surface area (Å²) in [5.74, 6) is -1.28. The normalized spacial score (nSPS) is 11.9. The Morgan fingerprint density at radius 1 is 1.06 bits per heavy atom. The standard InChI is InChI=1S/C24H20ClNO5/c1-15-2-6-18(7-3-15)24(30)31-21-11-17(10-19(25)13-21)14-26-22(23(28)29)12-16-4-8-20(27)9-5-16/h2-11,13-14,22,27H,12H2,1H3,(H,28,29). The summed E-state index contributed by atoms with van der Waals surface area (Å²) >= 11 is 6.13. The molecule has 0 spiro atoms. The molecule has 0 saturated carbocycles. The molecule has 0 aliphatic heterocycles. The number of aliphatic carboxylic acids is 1. The SMILES string of the molecule is Cc1ccc(C(=O)Oc2cc(Cl)cc(C=NC(Cc3ccc(O)cc3)C(=O)O)c2)cc1. The van der Waals surface area contributed by atoms with Crippen molar-refractivity contribution in [2.45, 2.75) is 19.4 Å². The minimum atomic E-state index is -1.09. The van der Waals surface area contributed by atoms with Crippen molar-refractivity contribution in [1.29, 1.82) is 0 Å². The van der Waals surface area contributed by atoms with Gasteiger partial charge in [0.15, 0.2) is 6.04 Å². The Balaban J connectivity index is 1.75. The number of aromatic hydroxyl groups is 1. The Kier molecular flexibility index (Phi) is 7.05. The molecule has 0 saturated heterocycles. The molecule has 158 valence electrons. The van der Waals surface area contributed by atoms with Gasteiger partial charge in [-0.3, -0.25) is 4.99 Å². The first-order chi connectivity index (χ1) is 14.8. The third kappa shape index (κ3) is 6.42. The molecule has 7 heteroatoms. The molecule has 0 fully saturated rings. The van der Waals surface area contributed by atoms with E-state index in [2.05, 4.69) is 4.99 Å². The molecule has 6 nitrogen and oxygen atoms in total. The van der Waals surface area contributed by atoms with Crippen LogP contribution in [0.5, 0.6) is 11.5 Å². The predicted molar refractivity (Wildman–Crippen MR) is 118 cm³/mol. The van der Waals surface area contributed by atoms with E-state index in [9.17, 15) is 19.8 Å². The van der Waals surface area contributed by atoms with Crippen LogP contribution < -0.4 is 4.74 Å². The van der Waals surface area contributed by atoms with E-state index in [0.717, 1.165) is 11.1 Å². The second-order valence-corrected chi connectivity index (χ2v) is 7.42. The van der Waals surface area contributed by atoms with Gasteiger partial charge in [-0.1, -0.05) is 41.4 Å². The Morgan fingerprint density at radius 3 is 2.39 bits per heavy atom. The van der Waals surface area contributed by atoms with Gasteiger partial charge in [0.05, 0.1) is 5.56 Å². The van der Waals surface area contributed by atoms with Gasteiger partial charge in [-0.2, -0.15) is 0 Å². The number of nitrogens with zero attached hydrogens (tertiary/aromatic N) is 1. The Hall–Kier alpha value is -3.64. The van der Waals surface area contributed by atoms with Crippen LogP contribution in [-0.2, 0) is 11.2 Å². The molecule has 0 aromatic heterocycles. The van der Waals surface area contributed by atoms with Gasteiger partial charge in [0.25, 0.3) is 0 Å². The summed E-state index contributed by atoms with van der Waals surface area (Å²) in [4.78, 5) is 28.1. The monoisotopic (exact) mass is 437 g/mol. The van der Waals surface area contributed by atoms with Gasteiger partial charge < -0.3 is 14.9 Å². The second-order valence-electron chi connectivity index (χ2n) is 6.98. The van der Waals surface area contributed by atoms with Crippen LogP contribution in [0.4, 0.5) is 0 Å². The number of hydrogen-bond donors (Lipinski definition) is 2. The van der Waals surface area contributed by atoms with E-state index >= 15 is 0 Å². The van der Waals surface area contributed by atoms with E-state index in [-0.39, 0.29) is 17.9 Å². The highest BCUT2D eigenvalue weighted by atomic mass is 35.5. The summed E-state index contributed by atoms with van der Waals surface area (Å²) in [5, 5.41) is 19.2. The lowest BCUT2D eigenvalue weighted by atomic mass is 10.1. The fourth-order valence-corrected chi connectivity index (χ4v) is 3.04. The minimum Gasteiger partial charge on any atom is -0.508 e. The summed E-state index contributed by atoms with van der Waals surface area (Å²) in [6, 6.07) is 16.8. The van der Waals surface area contributed by atoms with E-state index in [4.69, 9.17) is 16.3 Å². The van der Waals surface area contributed by atoms with Gasteiger partial charge in [0, 0.05) is 17.7 Å². The van der Waals surface area contributed by atoms with Gasteiger partial charge in [-0.15, -0.1) is 0 Å². The van der Waals surface area contributed by atoms with Gasteiger partial charge >= 0.3 is 11.9 Å². The summed E-state index contributed by atoms with van der Waals surface area (Å²) in [7, 11) is 0. The molecule has 0 amide bonds. The lowest BCUT2D eigenvalue weighted by Crippen LogP contribution is -2.20. The molecule has 0 bridgehead atoms. The quantitative estimate of drug-likeness (QED) is 0.317. The number of rotatable bonds is 7. The van der Waals surface area contributed by atoms with E-state index in [0.29, 0.717) is 16.1 Å². The van der Waals surface area contributed by atoms with E-state index in [1.807, 2.05) is 19.1 Å². The summed E-state index contributed by atoms with van der Waals surface area (Å²) in [5.41, 5.74) is 2.65. The molecule has 31 heavy (non-hydrogen) atoms. The maximum Gasteiger partial charge on any atom is 0.343 e. The van der Waals surface area contributed by atoms with Crippen LogP contribution in [-0.4, -0.2) is 34.4 Å². The van der Waals surface area contributed by atoms with Crippen LogP contribution in [0.25, 0.3) is 0 Å². The van der Waals surface area contributed by atoms with Crippen LogP contribution in [0.15, 0.2) is 71.7 Å². The fraction of sp³-hybridized carbons (Fsp3) is 0.125. The molecule has 1 atom stereocenters. The predicted octanol–water partition coefficient (Wildman–Crippen LogP) is 4.69. The first-order valence-corrected chi connectivity index (χ1v) is 9.81. The van der Waals surface area contributed by atoms with Crippen molar-refractivity contribution < 1.29 is 24.5 Å². The Labute approximate surface area is 184 Å². The topological polar surface area (TPSA) is 96.2 Å². The van der Waals surface area contributed by atoms with Crippen molar-refractivity contribution >= 4 is 29.8 Å². The number of aryl methyl sites for hydroxylation is 1. The number of benzene rings is 3. The van der Waals surface area contributed by atoms with Crippen LogP contribution in [0.2, 0.25) is 5.02 Å². The van der Waals surface area contributed by atoms with Crippen LogP contribution in [0.3, 0.4) is 0 Å². The highest BCUT2D eigenvalue weighted by molar-refractivity contribution is 6.31. The lowest BCUT2D eigenvalue weighted by molar-refractivity contribution is -0.138. The first-order valence-electron chi connectivity index (χ1n) is 9.43. The molecule has 0 heterocycles. The molecular formula is C24H20ClNO5. The smallest absolute Gasteiger partial charge is 0.343 e. The van der Waals surface area contributed by atoms with Gasteiger partial charge in [-0.05, 0) is 60.5 Å². The zero-order chi connectivity index (χ0) is 22.4. The van der Waals surface area contributed by atoms with Gasteiger partial charge in [0.2, 0.25) is 0 Å². The molecule has 0 aliphatic rings. The number of carboxylic acid groups (broad SMARTS) is 1. The number of ether oxygens (including phenoxy) is 1. The van der Waals surface area contributed by atoms with Crippen molar-refractivity contribution in [2.24, 2.45) is 4.99 Å². The van der Waals surface area contributed by atoms with Crippen molar-refractivity contribution in [3.05, 3.63) is 94.0 Å². The highest BCUT2D eigenvalue weighted by Gasteiger charge is 2.16. The van der Waals surface area contributed by atoms with Crippen molar-refractivity contribution in [3.8, 4) is 11.5 Å². The van der Waals surface area contributed by atoms with Crippen molar-refractivity contribution in [3.63, 3.8) is 0 Å². The largest absolute Gasteiger partial charge is 0.508 e. The van der Waals surface area contributed by atoms with Crippen LogP contribution >= 0.6 is 11.6 Å².